The van der Waals surface area contributed by atoms with Crippen LogP contribution in [0.3, 0.4) is 0 Å². The first kappa shape index (κ1) is 15.5. The largest absolute Gasteiger partial charge is 0.378 e. The van der Waals surface area contributed by atoms with Crippen LogP contribution >= 0.6 is 11.3 Å². The van der Waals surface area contributed by atoms with Gasteiger partial charge in [0.25, 0.3) is 5.91 Å². The summed E-state index contributed by atoms with van der Waals surface area (Å²) in [6.45, 7) is 4.11. The molecule has 2 aliphatic rings. The summed E-state index contributed by atoms with van der Waals surface area (Å²) in [5, 5.41) is 4.81. The number of hydrogen-bond acceptors (Lipinski definition) is 4. The SMILES string of the molecule is CC(NC(=O)c1csc2c1CCCC2)C(=O)N1CCOCC1. The first-order chi connectivity index (χ1) is 10.7. The Morgan fingerprint density at radius 1 is 1.27 bits per heavy atom. The van der Waals surface area contributed by atoms with Gasteiger partial charge in [0.05, 0.1) is 18.8 Å². The summed E-state index contributed by atoms with van der Waals surface area (Å²) in [4.78, 5) is 27.9. The predicted molar refractivity (Wildman–Crippen MR) is 85.3 cm³/mol. The van der Waals surface area contributed by atoms with Crippen molar-refractivity contribution in [2.75, 3.05) is 26.3 Å². The highest BCUT2D eigenvalue weighted by molar-refractivity contribution is 7.10. The Kier molecular flexibility index (Phi) is 4.78. The van der Waals surface area contributed by atoms with Crippen LogP contribution in [0.15, 0.2) is 5.38 Å². The number of morpholine rings is 1. The molecule has 5 nitrogen and oxygen atoms in total. The molecule has 1 fully saturated rings. The van der Waals surface area contributed by atoms with Crippen LogP contribution in [-0.2, 0) is 22.4 Å². The van der Waals surface area contributed by atoms with Crippen molar-refractivity contribution in [3.8, 4) is 0 Å². The molecule has 22 heavy (non-hydrogen) atoms. The summed E-state index contributed by atoms with van der Waals surface area (Å²) in [5.74, 6) is -0.144. The Labute approximate surface area is 134 Å². The van der Waals surface area contributed by atoms with Gasteiger partial charge in [0.2, 0.25) is 5.91 Å². The Hall–Kier alpha value is -1.40. The van der Waals surface area contributed by atoms with Crippen molar-refractivity contribution in [2.24, 2.45) is 0 Å². The second-order valence-electron chi connectivity index (χ2n) is 5.89. The van der Waals surface area contributed by atoms with Crippen molar-refractivity contribution in [2.45, 2.75) is 38.6 Å². The van der Waals surface area contributed by atoms with Crippen LogP contribution in [0.2, 0.25) is 0 Å². The topological polar surface area (TPSA) is 58.6 Å². The lowest BCUT2D eigenvalue weighted by Gasteiger charge is -2.29. The summed E-state index contributed by atoms with van der Waals surface area (Å²) in [6.07, 6.45) is 4.41. The Morgan fingerprint density at radius 2 is 2.00 bits per heavy atom. The van der Waals surface area contributed by atoms with Gasteiger partial charge in [0.1, 0.15) is 6.04 Å². The number of aryl methyl sites for hydroxylation is 1. The molecule has 1 unspecified atom stereocenters. The van der Waals surface area contributed by atoms with E-state index < -0.39 is 6.04 Å². The fourth-order valence-corrected chi connectivity index (χ4v) is 4.20. The molecule has 0 bridgehead atoms. The number of carbonyl (C=O) groups is 2. The fourth-order valence-electron chi connectivity index (χ4n) is 3.08. The number of ether oxygens (including phenoxy) is 1. The molecule has 0 saturated carbocycles. The third-order valence-corrected chi connectivity index (χ3v) is 5.44. The van der Waals surface area contributed by atoms with E-state index in [0.29, 0.717) is 26.3 Å². The second kappa shape index (κ2) is 6.79. The van der Waals surface area contributed by atoms with E-state index in [4.69, 9.17) is 4.74 Å². The minimum absolute atomic E-state index is 0.0271. The van der Waals surface area contributed by atoms with E-state index in [-0.39, 0.29) is 11.8 Å². The molecule has 1 atom stereocenters. The normalized spacial score (nSPS) is 19.4. The van der Waals surface area contributed by atoms with Crippen molar-refractivity contribution in [3.63, 3.8) is 0 Å². The summed E-state index contributed by atoms with van der Waals surface area (Å²) in [6, 6.07) is -0.496. The fraction of sp³-hybridized carbons (Fsp3) is 0.625. The highest BCUT2D eigenvalue weighted by Gasteiger charge is 2.26. The standard InChI is InChI=1S/C16H22N2O3S/c1-11(16(20)18-6-8-21-9-7-18)17-15(19)13-10-22-14-5-3-2-4-12(13)14/h10-11H,2-9H2,1H3,(H,17,19). The van der Waals surface area contributed by atoms with E-state index in [9.17, 15) is 9.59 Å². The van der Waals surface area contributed by atoms with Crippen molar-refractivity contribution >= 4 is 23.2 Å². The smallest absolute Gasteiger partial charge is 0.253 e. The number of carbonyl (C=O) groups excluding carboxylic acids is 2. The maximum atomic E-state index is 12.5. The van der Waals surface area contributed by atoms with E-state index in [2.05, 4.69) is 5.32 Å². The second-order valence-corrected chi connectivity index (χ2v) is 6.86. The molecule has 1 aliphatic heterocycles. The van der Waals surface area contributed by atoms with Crippen LogP contribution in [0.5, 0.6) is 0 Å². The molecule has 2 heterocycles. The summed E-state index contributed by atoms with van der Waals surface area (Å²) >= 11 is 1.67. The monoisotopic (exact) mass is 322 g/mol. The van der Waals surface area contributed by atoms with Crippen LogP contribution in [0, 0.1) is 0 Å². The highest BCUT2D eigenvalue weighted by atomic mass is 32.1. The average Bonchev–Trinajstić information content (AvgIpc) is 2.99. The van der Waals surface area contributed by atoms with Gasteiger partial charge in [0.15, 0.2) is 0 Å². The van der Waals surface area contributed by atoms with Gasteiger partial charge in [-0.1, -0.05) is 0 Å². The van der Waals surface area contributed by atoms with Crippen molar-refractivity contribution in [1.82, 2.24) is 10.2 Å². The van der Waals surface area contributed by atoms with Crippen LogP contribution < -0.4 is 5.32 Å². The summed E-state index contributed by atoms with van der Waals surface area (Å²) in [5.41, 5.74) is 1.96. The molecule has 1 aliphatic carbocycles. The zero-order valence-electron chi connectivity index (χ0n) is 12.9. The lowest BCUT2D eigenvalue weighted by molar-refractivity contribution is -0.136. The molecular formula is C16H22N2O3S. The molecule has 0 spiro atoms. The molecule has 120 valence electrons. The Bertz CT molecular complexity index is 564. The lowest BCUT2D eigenvalue weighted by Crippen LogP contribution is -2.50. The molecular weight excluding hydrogens is 300 g/mol. The number of rotatable bonds is 3. The minimum Gasteiger partial charge on any atom is -0.378 e. The number of thiophene rings is 1. The number of nitrogens with one attached hydrogen (secondary N) is 1. The van der Waals surface area contributed by atoms with Gasteiger partial charge in [-0.05, 0) is 38.2 Å². The van der Waals surface area contributed by atoms with Crippen LogP contribution in [0.1, 0.15) is 40.6 Å². The van der Waals surface area contributed by atoms with Crippen molar-refractivity contribution < 1.29 is 14.3 Å². The van der Waals surface area contributed by atoms with Crippen molar-refractivity contribution in [1.29, 1.82) is 0 Å². The summed E-state index contributed by atoms with van der Waals surface area (Å²) < 4.78 is 5.25. The van der Waals surface area contributed by atoms with Crippen LogP contribution in [0.25, 0.3) is 0 Å². The molecule has 0 aromatic carbocycles. The first-order valence-corrected chi connectivity index (χ1v) is 8.81. The molecule has 2 amide bonds. The molecule has 6 heteroatoms. The van der Waals surface area contributed by atoms with E-state index >= 15 is 0 Å². The van der Waals surface area contributed by atoms with Gasteiger partial charge in [-0.25, -0.2) is 0 Å². The molecule has 1 aromatic heterocycles. The quantitative estimate of drug-likeness (QED) is 0.920. The third-order valence-electron chi connectivity index (χ3n) is 4.35. The zero-order valence-corrected chi connectivity index (χ0v) is 13.7. The highest BCUT2D eigenvalue weighted by Crippen LogP contribution is 2.30. The zero-order chi connectivity index (χ0) is 15.5. The summed E-state index contributed by atoms with van der Waals surface area (Å²) in [7, 11) is 0. The van der Waals surface area contributed by atoms with Crippen LogP contribution in [-0.4, -0.2) is 49.1 Å². The van der Waals surface area contributed by atoms with Gasteiger partial charge in [-0.2, -0.15) is 0 Å². The van der Waals surface area contributed by atoms with Gasteiger partial charge in [-0.3, -0.25) is 9.59 Å². The number of nitrogens with zero attached hydrogens (tertiary/aromatic N) is 1. The van der Waals surface area contributed by atoms with Gasteiger partial charge >= 0.3 is 0 Å². The third kappa shape index (κ3) is 3.17. The van der Waals surface area contributed by atoms with Gasteiger partial charge in [0, 0.05) is 23.3 Å². The maximum absolute atomic E-state index is 12.5. The van der Waals surface area contributed by atoms with Crippen molar-refractivity contribution in [3.05, 3.63) is 21.4 Å². The van der Waals surface area contributed by atoms with E-state index in [1.807, 2.05) is 5.38 Å². The Morgan fingerprint density at radius 3 is 2.77 bits per heavy atom. The lowest BCUT2D eigenvalue weighted by atomic mass is 9.95. The molecule has 1 aromatic rings. The van der Waals surface area contributed by atoms with Crippen LogP contribution in [0.4, 0.5) is 0 Å². The number of hydrogen-bond donors (Lipinski definition) is 1. The molecule has 1 N–H and O–H groups in total. The first-order valence-electron chi connectivity index (χ1n) is 7.93. The van der Waals surface area contributed by atoms with E-state index in [1.165, 1.54) is 16.9 Å². The minimum atomic E-state index is -0.496. The van der Waals surface area contributed by atoms with Gasteiger partial charge < -0.3 is 15.0 Å². The van der Waals surface area contributed by atoms with Gasteiger partial charge in [-0.15, -0.1) is 11.3 Å². The van der Waals surface area contributed by atoms with E-state index in [1.54, 1.807) is 23.2 Å². The predicted octanol–water partition coefficient (Wildman–Crippen LogP) is 1.60. The average molecular weight is 322 g/mol. The van der Waals surface area contributed by atoms with E-state index in [0.717, 1.165) is 24.8 Å². The molecule has 0 radical (unpaired) electrons. The Balaban J connectivity index is 1.63. The molecule has 1 saturated heterocycles. The number of amides is 2. The molecule has 3 rings (SSSR count). The number of fused-ring (bicyclic) bond motifs is 1. The maximum Gasteiger partial charge on any atom is 0.253 e.